The largest absolute Gasteiger partial charge is 0.353 e. The highest BCUT2D eigenvalue weighted by molar-refractivity contribution is 5.80. The molecule has 0 bridgehead atoms. The maximum Gasteiger partial charge on any atom is 0.224 e. The molecule has 4 heteroatoms. The molecule has 4 rings (SSSR count). The van der Waals surface area contributed by atoms with Crippen molar-refractivity contribution in [2.45, 2.75) is 118 Å². The fraction of sp³-hybridized carbons (Fsp3) is 0.926. The van der Waals surface area contributed by atoms with Gasteiger partial charge in [0.05, 0.1) is 0 Å². The van der Waals surface area contributed by atoms with Crippen LogP contribution in [0.3, 0.4) is 0 Å². The van der Waals surface area contributed by atoms with Crippen LogP contribution in [0.4, 0.5) is 0 Å². The molecule has 2 amide bonds. The molecule has 0 radical (unpaired) electrons. The number of hydrogen-bond donors (Lipinski definition) is 2. The maximum absolute atomic E-state index is 13.5. The molecule has 3 aliphatic carbocycles. The van der Waals surface area contributed by atoms with E-state index in [2.05, 4.69) is 59.1 Å². The van der Waals surface area contributed by atoms with Crippen LogP contribution in [0.5, 0.6) is 0 Å². The fourth-order valence-electron chi connectivity index (χ4n) is 8.92. The normalized spacial score (nSPS) is 42.8. The number of hydrogen-bond acceptors (Lipinski definition) is 2. The Morgan fingerprint density at radius 1 is 0.968 bits per heavy atom. The summed E-state index contributed by atoms with van der Waals surface area (Å²) in [5.74, 6) is 2.76. The summed E-state index contributed by atoms with van der Waals surface area (Å²) in [6, 6.07) is 0.359. The van der Waals surface area contributed by atoms with Crippen LogP contribution in [-0.4, -0.2) is 23.4 Å². The van der Waals surface area contributed by atoms with E-state index < -0.39 is 0 Å². The van der Waals surface area contributed by atoms with Gasteiger partial charge in [0.25, 0.3) is 0 Å². The molecule has 2 N–H and O–H groups in total. The third-order valence-corrected chi connectivity index (χ3v) is 9.85. The Labute approximate surface area is 190 Å². The molecule has 3 saturated carbocycles. The highest BCUT2D eigenvalue weighted by atomic mass is 16.2. The zero-order valence-electron chi connectivity index (χ0n) is 21.1. The molecule has 31 heavy (non-hydrogen) atoms. The van der Waals surface area contributed by atoms with Gasteiger partial charge < -0.3 is 10.6 Å². The summed E-state index contributed by atoms with van der Waals surface area (Å²) in [7, 11) is 0. The molecular weight excluding hydrogens is 384 g/mol. The third kappa shape index (κ3) is 4.06. The first kappa shape index (κ1) is 23.1. The molecule has 4 fully saturated rings. The number of fused-ring (bicyclic) bond motifs is 5. The van der Waals surface area contributed by atoms with Crippen LogP contribution < -0.4 is 10.6 Å². The lowest BCUT2D eigenvalue weighted by Gasteiger charge is -2.60. The molecule has 0 aromatic heterocycles. The molecule has 4 nitrogen and oxygen atoms in total. The van der Waals surface area contributed by atoms with Gasteiger partial charge in [0, 0.05) is 23.9 Å². The second-order valence-electron chi connectivity index (χ2n) is 13.9. The predicted molar refractivity (Wildman–Crippen MR) is 125 cm³/mol. The molecule has 4 aliphatic rings. The van der Waals surface area contributed by atoms with Crippen LogP contribution in [-0.2, 0) is 9.59 Å². The van der Waals surface area contributed by atoms with Gasteiger partial charge in [0.15, 0.2) is 0 Å². The fourth-order valence-corrected chi connectivity index (χ4v) is 8.92. The summed E-state index contributed by atoms with van der Waals surface area (Å²) in [5, 5.41) is 6.79. The van der Waals surface area contributed by atoms with Crippen LogP contribution >= 0.6 is 0 Å². The SMILES string of the molecule is CC(C)(C)CC(C)(C)NC(=O)[C@H]1CC[C@H]2[C@@H]3CC[C@H]4NC(=O)CC[C@]4(C)[C@H]3CC[C@]12C. The van der Waals surface area contributed by atoms with Crippen LogP contribution in [0, 0.1) is 39.9 Å². The Hall–Kier alpha value is -1.06. The van der Waals surface area contributed by atoms with E-state index in [4.69, 9.17) is 0 Å². The number of carbonyl (C=O) groups excluding carboxylic acids is 2. The first-order valence-electron chi connectivity index (χ1n) is 12.9. The summed E-state index contributed by atoms with van der Waals surface area (Å²) >= 11 is 0. The van der Waals surface area contributed by atoms with Gasteiger partial charge in [-0.2, -0.15) is 0 Å². The highest BCUT2D eigenvalue weighted by Gasteiger charge is 2.61. The van der Waals surface area contributed by atoms with Gasteiger partial charge in [0.2, 0.25) is 11.8 Å². The number of piperidine rings is 1. The van der Waals surface area contributed by atoms with E-state index in [9.17, 15) is 9.59 Å². The number of amides is 2. The van der Waals surface area contributed by atoms with Crippen molar-refractivity contribution in [3.8, 4) is 0 Å². The monoisotopic (exact) mass is 430 g/mol. The lowest BCUT2D eigenvalue weighted by Crippen LogP contribution is -2.61. The van der Waals surface area contributed by atoms with E-state index in [-0.39, 0.29) is 33.6 Å². The summed E-state index contributed by atoms with van der Waals surface area (Å²) in [6.45, 7) is 16.0. The lowest BCUT2D eigenvalue weighted by atomic mass is 9.47. The van der Waals surface area contributed by atoms with Crippen LogP contribution in [0.2, 0.25) is 0 Å². The molecule has 7 atom stereocenters. The lowest BCUT2D eigenvalue weighted by molar-refractivity contribution is -0.142. The summed E-state index contributed by atoms with van der Waals surface area (Å²) in [5.41, 5.74) is 0.394. The number of rotatable bonds is 3. The Morgan fingerprint density at radius 2 is 1.65 bits per heavy atom. The van der Waals surface area contributed by atoms with E-state index in [1.54, 1.807) is 0 Å². The first-order chi connectivity index (χ1) is 14.3. The third-order valence-electron chi connectivity index (χ3n) is 9.85. The molecule has 176 valence electrons. The maximum atomic E-state index is 13.5. The molecule has 1 heterocycles. The molecular formula is C27H46N2O2. The number of nitrogens with one attached hydrogen (secondary N) is 2. The minimum atomic E-state index is -0.174. The summed E-state index contributed by atoms with van der Waals surface area (Å²) < 4.78 is 0. The minimum Gasteiger partial charge on any atom is -0.353 e. The zero-order chi connectivity index (χ0) is 22.8. The average molecular weight is 431 g/mol. The van der Waals surface area contributed by atoms with Crippen molar-refractivity contribution in [1.82, 2.24) is 10.6 Å². The van der Waals surface area contributed by atoms with Crippen molar-refractivity contribution in [2.75, 3.05) is 0 Å². The molecule has 0 aromatic carbocycles. The molecule has 1 saturated heterocycles. The summed E-state index contributed by atoms with van der Waals surface area (Å²) in [4.78, 5) is 25.6. The Bertz CT molecular complexity index is 738. The van der Waals surface area contributed by atoms with E-state index in [1.807, 2.05) is 0 Å². The van der Waals surface area contributed by atoms with Crippen molar-refractivity contribution in [3.63, 3.8) is 0 Å². The predicted octanol–water partition coefficient (Wildman–Crippen LogP) is 5.45. The van der Waals surface area contributed by atoms with Gasteiger partial charge in [-0.1, -0.05) is 34.6 Å². The van der Waals surface area contributed by atoms with Crippen LogP contribution in [0.1, 0.15) is 106 Å². The van der Waals surface area contributed by atoms with E-state index in [1.165, 1.54) is 19.3 Å². The van der Waals surface area contributed by atoms with Gasteiger partial charge in [-0.25, -0.2) is 0 Å². The van der Waals surface area contributed by atoms with E-state index in [0.29, 0.717) is 30.2 Å². The second-order valence-corrected chi connectivity index (χ2v) is 13.9. The van der Waals surface area contributed by atoms with E-state index >= 15 is 0 Å². The van der Waals surface area contributed by atoms with Gasteiger partial charge in [-0.15, -0.1) is 0 Å². The molecule has 0 spiro atoms. The molecule has 0 unspecified atom stereocenters. The second kappa shape index (κ2) is 7.48. The minimum absolute atomic E-state index is 0.129. The quantitative estimate of drug-likeness (QED) is 0.625. The zero-order valence-corrected chi connectivity index (χ0v) is 21.1. The standard InChI is InChI=1S/C27H46N2O2/c1-24(2,3)16-25(4,5)29-23(31)20-10-9-18-17-8-11-21-27(7,15-13-22(30)28-21)19(17)12-14-26(18,20)6/h17-21H,8-16H2,1-7H3,(H,28,30)(H,29,31)/t17-,18-,19-,20+,21+,26-,27+/m0/s1. The smallest absolute Gasteiger partial charge is 0.224 e. The van der Waals surface area contributed by atoms with Gasteiger partial charge in [-0.05, 0) is 99.2 Å². The Balaban J connectivity index is 1.49. The van der Waals surface area contributed by atoms with Crippen molar-refractivity contribution >= 4 is 11.8 Å². The van der Waals surface area contributed by atoms with Crippen molar-refractivity contribution in [2.24, 2.45) is 39.9 Å². The van der Waals surface area contributed by atoms with Crippen molar-refractivity contribution in [1.29, 1.82) is 0 Å². The summed E-state index contributed by atoms with van der Waals surface area (Å²) in [6.07, 6.45) is 9.66. The molecule has 1 aliphatic heterocycles. The van der Waals surface area contributed by atoms with Gasteiger partial charge in [-0.3, -0.25) is 9.59 Å². The van der Waals surface area contributed by atoms with E-state index in [0.717, 1.165) is 38.0 Å². The van der Waals surface area contributed by atoms with Crippen molar-refractivity contribution in [3.05, 3.63) is 0 Å². The van der Waals surface area contributed by atoms with Gasteiger partial charge >= 0.3 is 0 Å². The van der Waals surface area contributed by atoms with Crippen LogP contribution in [0.25, 0.3) is 0 Å². The van der Waals surface area contributed by atoms with Crippen molar-refractivity contribution < 1.29 is 9.59 Å². The highest BCUT2D eigenvalue weighted by Crippen LogP contribution is 2.65. The Morgan fingerprint density at radius 3 is 2.32 bits per heavy atom. The molecule has 0 aromatic rings. The number of carbonyl (C=O) groups is 2. The van der Waals surface area contributed by atoms with Crippen LogP contribution in [0.15, 0.2) is 0 Å². The van der Waals surface area contributed by atoms with Gasteiger partial charge in [0.1, 0.15) is 0 Å². The topological polar surface area (TPSA) is 58.2 Å². The average Bonchev–Trinajstić information content (AvgIpc) is 2.97. The Kier molecular flexibility index (Phi) is 5.58. The first-order valence-corrected chi connectivity index (χ1v) is 12.9.